The highest BCUT2D eigenvalue weighted by atomic mass is 35.5. The Morgan fingerprint density at radius 2 is 1.52 bits per heavy atom. The quantitative estimate of drug-likeness (QED) is 0.109. The molecule has 2 N–H and O–H groups in total. The molecule has 1 amide bonds. The number of ether oxygens (including phenoxy) is 1. The van der Waals surface area contributed by atoms with Crippen molar-refractivity contribution in [3.8, 4) is 17.1 Å². The van der Waals surface area contributed by atoms with Crippen LogP contribution in [0.3, 0.4) is 0 Å². The summed E-state index contributed by atoms with van der Waals surface area (Å²) in [6.07, 6.45) is 17.2. The standard InChI is InChI=1S/C42H55ClN6O4S/c1-2-3-4-5-6-7-8-9-10-36(53-35-17-15-34(16-18-35)48-19-21-54(51,52)22-20-48)41(50)44-33-13-11-32(12-14-33)39-45-40-37(43)38(46-49(40)47-39)42-26-29-23-30(27-42)25-31(24-29)28-42/h11-18,29-31,36,46H,2-10,19-28H2,1H3,(H,44,50). The van der Waals surface area contributed by atoms with Gasteiger partial charge < -0.3 is 15.0 Å². The van der Waals surface area contributed by atoms with E-state index in [1.807, 2.05) is 48.5 Å². The Kier molecular flexibility index (Phi) is 11.0. The number of benzene rings is 2. The minimum atomic E-state index is -2.96. The number of carbonyl (C=O) groups excluding carboxylic acids is 1. The predicted octanol–water partition coefficient (Wildman–Crippen LogP) is 9.00. The Balaban J connectivity index is 0.911. The molecule has 1 unspecified atom stereocenters. The van der Waals surface area contributed by atoms with Crippen LogP contribution in [0.15, 0.2) is 48.5 Å². The lowest BCUT2D eigenvalue weighted by Gasteiger charge is -2.56. The highest BCUT2D eigenvalue weighted by molar-refractivity contribution is 7.91. The number of amides is 1. The minimum absolute atomic E-state index is 0.133. The van der Waals surface area contributed by atoms with E-state index in [0.717, 1.165) is 54.0 Å². The number of anilines is 2. The Morgan fingerprint density at radius 3 is 2.13 bits per heavy atom. The van der Waals surface area contributed by atoms with Crippen molar-refractivity contribution < 1.29 is 17.9 Å². The maximum atomic E-state index is 13.7. The molecule has 3 heterocycles. The van der Waals surface area contributed by atoms with Crippen molar-refractivity contribution >= 4 is 44.4 Å². The fourth-order valence-electron chi connectivity index (χ4n) is 10.2. The van der Waals surface area contributed by atoms with E-state index in [2.05, 4.69) is 22.2 Å². The number of nitrogens with one attached hydrogen (secondary N) is 2. The third kappa shape index (κ3) is 8.18. The van der Waals surface area contributed by atoms with E-state index >= 15 is 0 Å². The number of hydrogen-bond donors (Lipinski definition) is 2. The Bertz CT molecular complexity index is 1980. The maximum absolute atomic E-state index is 13.7. The Labute approximate surface area is 324 Å². The van der Waals surface area contributed by atoms with Gasteiger partial charge in [-0.2, -0.15) is 4.63 Å². The summed E-state index contributed by atoms with van der Waals surface area (Å²) in [5, 5.41) is 12.1. The van der Waals surface area contributed by atoms with Crippen molar-refractivity contribution in [1.29, 1.82) is 0 Å². The molecule has 2 aromatic carbocycles. The zero-order valence-electron chi connectivity index (χ0n) is 31.6. The molecule has 12 heteroatoms. The number of aromatic amines is 1. The Morgan fingerprint density at radius 1 is 0.907 bits per heavy atom. The summed E-state index contributed by atoms with van der Waals surface area (Å²) in [6.45, 7) is 3.19. The molecular weight excluding hydrogens is 720 g/mol. The number of hydrogen-bond acceptors (Lipinski definition) is 7. The average molecular weight is 775 g/mol. The second-order valence-electron chi connectivity index (χ2n) is 16.7. The van der Waals surface area contributed by atoms with Crippen LogP contribution in [0.5, 0.6) is 5.75 Å². The van der Waals surface area contributed by atoms with Crippen LogP contribution in [0.4, 0.5) is 11.4 Å². The number of halogens is 1. The molecule has 4 bridgehead atoms. The first-order valence-corrected chi connectivity index (χ1v) is 22.6. The monoisotopic (exact) mass is 774 g/mol. The Hall–Kier alpha value is -3.57. The largest absolute Gasteiger partial charge is 0.481 e. The van der Waals surface area contributed by atoms with Gasteiger partial charge in [0.2, 0.25) is 0 Å². The molecule has 4 aliphatic carbocycles. The van der Waals surface area contributed by atoms with Gasteiger partial charge in [0.1, 0.15) is 10.8 Å². The second kappa shape index (κ2) is 15.9. The zero-order valence-corrected chi connectivity index (χ0v) is 33.1. The van der Waals surface area contributed by atoms with Crippen molar-refractivity contribution in [1.82, 2.24) is 19.8 Å². The van der Waals surface area contributed by atoms with Gasteiger partial charge in [-0.25, -0.2) is 13.4 Å². The number of aromatic nitrogens is 4. The summed E-state index contributed by atoms with van der Waals surface area (Å²) in [5.41, 5.74) is 4.41. The van der Waals surface area contributed by atoms with Gasteiger partial charge in [-0.05, 0) is 118 Å². The van der Waals surface area contributed by atoms with Crippen LogP contribution >= 0.6 is 11.6 Å². The molecule has 1 saturated heterocycles. The fourth-order valence-corrected chi connectivity index (χ4v) is 11.8. The number of unbranched alkanes of at least 4 members (excludes halogenated alkanes) is 7. The molecule has 1 atom stereocenters. The van der Waals surface area contributed by atoms with Crippen LogP contribution in [0.2, 0.25) is 5.02 Å². The van der Waals surface area contributed by atoms with Crippen molar-refractivity contribution in [2.24, 2.45) is 17.8 Å². The second-order valence-corrected chi connectivity index (χ2v) is 19.4. The van der Waals surface area contributed by atoms with E-state index in [4.69, 9.17) is 26.4 Å². The van der Waals surface area contributed by atoms with Crippen LogP contribution in [0.1, 0.15) is 109 Å². The molecule has 4 aromatic rings. The van der Waals surface area contributed by atoms with Gasteiger partial charge in [-0.1, -0.05) is 63.5 Å². The molecule has 10 nitrogen and oxygen atoms in total. The zero-order chi connectivity index (χ0) is 37.3. The molecule has 290 valence electrons. The maximum Gasteiger partial charge on any atom is 0.265 e. The number of H-pyrrole nitrogens is 1. The SMILES string of the molecule is CCCCCCCCCCC(Oc1ccc(N2CCS(=O)(=O)CC2)cc1)C(=O)Nc1ccc(-c2nc3c(Cl)c(C45CC6CC(CC(C6)C4)C5)[nH]n3n2)cc1. The highest BCUT2D eigenvalue weighted by Crippen LogP contribution is 2.61. The summed E-state index contributed by atoms with van der Waals surface area (Å²) in [7, 11) is -2.96. The van der Waals surface area contributed by atoms with Crippen LogP contribution in [-0.2, 0) is 20.0 Å². The van der Waals surface area contributed by atoms with E-state index < -0.39 is 15.9 Å². The number of sulfone groups is 1. The number of carbonyl (C=O) groups is 1. The molecule has 5 aliphatic rings. The summed E-state index contributed by atoms with van der Waals surface area (Å²) in [6, 6.07) is 15.3. The molecule has 54 heavy (non-hydrogen) atoms. The predicted molar refractivity (Wildman–Crippen MR) is 215 cm³/mol. The molecule has 4 saturated carbocycles. The van der Waals surface area contributed by atoms with Gasteiger partial charge in [-0.3, -0.25) is 9.89 Å². The van der Waals surface area contributed by atoms with Gasteiger partial charge in [0.25, 0.3) is 5.91 Å². The minimum Gasteiger partial charge on any atom is -0.481 e. The van der Waals surface area contributed by atoms with Crippen molar-refractivity contribution in [3.05, 3.63) is 59.2 Å². The molecule has 2 aromatic heterocycles. The van der Waals surface area contributed by atoms with Crippen LogP contribution in [0, 0.1) is 17.8 Å². The van der Waals surface area contributed by atoms with Crippen molar-refractivity contribution in [2.45, 2.75) is 115 Å². The average Bonchev–Trinajstić information content (AvgIpc) is 3.72. The van der Waals surface area contributed by atoms with E-state index in [9.17, 15) is 13.2 Å². The summed E-state index contributed by atoms with van der Waals surface area (Å²) >= 11 is 7.06. The molecular formula is C42H55ClN6O4S. The van der Waals surface area contributed by atoms with Gasteiger partial charge >= 0.3 is 0 Å². The first-order chi connectivity index (χ1) is 26.2. The lowest BCUT2D eigenvalue weighted by molar-refractivity contribution is -0.123. The lowest BCUT2D eigenvalue weighted by atomic mass is 9.49. The third-order valence-electron chi connectivity index (χ3n) is 12.7. The smallest absolute Gasteiger partial charge is 0.265 e. The van der Waals surface area contributed by atoms with E-state index in [1.54, 1.807) is 4.63 Å². The van der Waals surface area contributed by atoms with Crippen LogP contribution < -0.4 is 15.0 Å². The normalized spacial score (nSPS) is 24.9. The topological polar surface area (TPSA) is 122 Å². The third-order valence-corrected chi connectivity index (χ3v) is 14.6. The number of fused-ring (bicyclic) bond motifs is 1. The number of nitrogens with zero attached hydrogens (tertiary/aromatic N) is 4. The highest BCUT2D eigenvalue weighted by Gasteiger charge is 2.53. The van der Waals surface area contributed by atoms with Crippen molar-refractivity contribution in [3.63, 3.8) is 0 Å². The van der Waals surface area contributed by atoms with Crippen molar-refractivity contribution in [2.75, 3.05) is 34.8 Å². The van der Waals surface area contributed by atoms with Gasteiger partial charge in [0.15, 0.2) is 27.4 Å². The summed E-state index contributed by atoms with van der Waals surface area (Å²) in [5.74, 6) is 3.81. The molecule has 0 spiro atoms. The lowest BCUT2D eigenvalue weighted by Crippen LogP contribution is -2.48. The van der Waals surface area contributed by atoms with E-state index in [1.165, 1.54) is 70.6 Å². The first-order valence-electron chi connectivity index (χ1n) is 20.4. The molecule has 1 aliphatic heterocycles. The van der Waals surface area contributed by atoms with Crippen LogP contribution in [-0.4, -0.2) is 64.8 Å². The van der Waals surface area contributed by atoms with Gasteiger partial charge in [0.05, 0.1) is 17.2 Å². The first kappa shape index (κ1) is 37.4. The van der Waals surface area contributed by atoms with Crippen LogP contribution in [0.25, 0.3) is 17.0 Å². The molecule has 5 fully saturated rings. The van der Waals surface area contributed by atoms with Gasteiger partial charge in [-0.15, -0.1) is 5.10 Å². The summed E-state index contributed by atoms with van der Waals surface area (Å²) in [4.78, 5) is 20.7. The van der Waals surface area contributed by atoms with E-state index in [0.29, 0.717) is 47.4 Å². The summed E-state index contributed by atoms with van der Waals surface area (Å²) < 4.78 is 31.9. The molecule has 0 radical (unpaired) electrons. The number of rotatable bonds is 16. The van der Waals surface area contributed by atoms with Gasteiger partial charge in [0, 0.05) is 35.4 Å². The fraction of sp³-hybridized carbons (Fsp3) is 0.595. The molecule has 9 rings (SSSR count). The van der Waals surface area contributed by atoms with E-state index in [-0.39, 0.29) is 22.8 Å².